The van der Waals surface area contributed by atoms with Gasteiger partial charge in [-0.25, -0.2) is 0 Å². The Bertz CT molecular complexity index is 470. The third-order valence-electron chi connectivity index (χ3n) is 4.43. The number of hydrogen-bond acceptors (Lipinski definition) is 3. The first kappa shape index (κ1) is 13.7. The van der Waals surface area contributed by atoms with Crippen molar-refractivity contribution >= 4 is 0 Å². The van der Waals surface area contributed by atoms with Crippen LogP contribution in [0.3, 0.4) is 0 Å². The Morgan fingerprint density at radius 1 is 1.25 bits per heavy atom. The van der Waals surface area contributed by atoms with E-state index in [4.69, 9.17) is 9.47 Å². The Morgan fingerprint density at radius 3 is 2.95 bits per heavy atom. The molecule has 1 aliphatic heterocycles. The number of nitrogens with one attached hydrogen (secondary N) is 1. The summed E-state index contributed by atoms with van der Waals surface area (Å²) in [6.45, 7) is 6.93. The lowest BCUT2D eigenvalue weighted by atomic mass is 9.75. The first-order valence-electron chi connectivity index (χ1n) is 7.75. The fraction of sp³-hybridized carbons (Fsp3) is 0.647. The zero-order valence-electron chi connectivity index (χ0n) is 12.6. The van der Waals surface area contributed by atoms with Crippen molar-refractivity contribution in [1.82, 2.24) is 5.32 Å². The topological polar surface area (TPSA) is 30.5 Å². The molecule has 2 aliphatic rings. The molecule has 1 aromatic rings. The molecule has 0 saturated heterocycles. The maximum atomic E-state index is 5.77. The van der Waals surface area contributed by atoms with Crippen molar-refractivity contribution < 1.29 is 9.47 Å². The first-order valence-corrected chi connectivity index (χ1v) is 7.75. The highest BCUT2D eigenvalue weighted by molar-refractivity contribution is 5.47. The fourth-order valence-corrected chi connectivity index (χ4v) is 3.40. The highest BCUT2D eigenvalue weighted by atomic mass is 16.6. The molecule has 3 rings (SSSR count). The molecule has 1 N–H and O–H groups in total. The van der Waals surface area contributed by atoms with Crippen molar-refractivity contribution in [2.75, 3.05) is 13.2 Å². The van der Waals surface area contributed by atoms with Gasteiger partial charge in [-0.15, -0.1) is 0 Å². The van der Waals surface area contributed by atoms with Gasteiger partial charge in [0.1, 0.15) is 13.2 Å². The molecule has 3 nitrogen and oxygen atoms in total. The molecule has 1 atom stereocenters. The van der Waals surface area contributed by atoms with Crippen LogP contribution in [-0.2, 0) is 6.54 Å². The predicted molar refractivity (Wildman–Crippen MR) is 80.3 cm³/mol. The zero-order valence-corrected chi connectivity index (χ0v) is 12.6. The van der Waals surface area contributed by atoms with Gasteiger partial charge in [0, 0.05) is 18.2 Å². The minimum Gasteiger partial charge on any atom is -0.486 e. The molecule has 1 fully saturated rings. The third-order valence-corrected chi connectivity index (χ3v) is 4.43. The highest BCUT2D eigenvalue weighted by Crippen LogP contribution is 2.36. The Balaban J connectivity index is 1.64. The first-order chi connectivity index (χ1) is 9.64. The standard InChI is InChI=1S/C17H25NO2/c1-17(2)8-4-6-14(11-17)18-12-13-5-3-7-15-16(13)20-10-9-19-15/h3,5,7,14,18H,4,6,8-12H2,1-2H3. The van der Waals surface area contributed by atoms with Crippen molar-refractivity contribution in [2.24, 2.45) is 5.41 Å². The molecule has 0 aromatic heterocycles. The van der Waals surface area contributed by atoms with Crippen LogP contribution < -0.4 is 14.8 Å². The normalized spacial score (nSPS) is 24.4. The lowest BCUT2D eigenvalue weighted by Crippen LogP contribution is -2.37. The van der Waals surface area contributed by atoms with Crippen LogP contribution >= 0.6 is 0 Å². The van der Waals surface area contributed by atoms with Gasteiger partial charge in [0.25, 0.3) is 0 Å². The molecule has 1 unspecified atom stereocenters. The average molecular weight is 275 g/mol. The van der Waals surface area contributed by atoms with Crippen LogP contribution in [0.15, 0.2) is 18.2 Å². The van der Waals surface area contributed by atoms with Crippen LogP contribution in [0.5, 0.6) is 11.5 Å². The average Bonchev–Trinajstić information content (AvgIpc) is 2.44. The van der Waals surface area contributed by atoms with Crippen molar-refractivity contribution in [3.63, 3.8) is 0 Å². The van der Waals surface area contributed by atoms with E-state index in [0.717, 1.165) is 18.0 Å². The third kappa shape index (κ3) is 3.09. The van der Waals surface area contributed by atoms with E-state index in [-0.39, 0.29) is 0 Å². The molecule has 1 aromatic carbocycles. The van der Waals surface area contributed by atoms with E-state index in [1.165, 1.54) is 31.2 Å². The molecule has 20 heavy (non-hydrogen) atoms. The summed E-state index contributed by atoms with van der Waals surface area (Å²) in [4.78, 5) is 0. The summed E-state index contributed by atoms with van der Waals surface area (Å²) in [5, 5.41) is 3.71. The molecule has 110 valence electrons. The largest absolute Gasteiger partial charge is 0.486 e. The Hall–Kier alpha value is -1.22. The SMILES string of the molecule is CC1(C)CCCC(NCc2cccc3c2OCCO3)C1. The number of benzene rings is 1. The van der Waals surface area contributed by atoms with Crippen molar-refractivity contribution in [3.05, 3.63) is 23.8 Å². The van der Waals surface area contributed by atoms with Gasteiger partial charge in [0.2, 0.25) is 0 Å². The molecule has 0 spiro atoms. The van der Waals surface area contributed by atoms with Crippen molar-refractivity contribution in [1.29, 1.82) is 0 Å². The van der Waals surface area contributed by atoms with E-state index in [0.29, 0.717) is 24.7 Å². The van der Waals surface area contributed by atoms with Crippen molar-refractivity contribution in [2.45, 2.75) is 52.1 Å². The summed E-state index contributed by atoms with van der Waals surface area (Å²) >= 11 is 0. The summed E-state index contributed by atoms with van der Waals surface area (Å²) in [5.74, 6) is 1.82. The van der Waals surface area contributed by atoms with Gasteiger partial charge in [0.15, 0.2) is 11.5 Å². The van der Waals surface area contributed by atoms with Crippen molar-refractivity contribution in [3.8, 4) is 11.5 Å². The number of para-hydroxylation sites is 1. The maximum absolute atomic E-state index is 5.77. The van der Waals surface area contributed by atoms with Crippen LogP contribution in [0.2, 0.25) is 0 Å². The number of fused-ring (bicyclic) bond motifs is 1. The van der Waals surface area contributed by atoms with Crippen LogP contribution in [0.1, 0.15) is 45.1 Å². The minimum atomic E-state index is 0.478. The fourth-order valence-electron chi connectivity index (χ4n) is 3.40. The number of hydrogen-bond donors (Lipinski definition) is 1. The van der Waals surface area contributed by atoms with Gasteiger partial charge in [-0.1, -0.05) is 32.4 Å². The lowest BCUT2D eigenvalue weighted by molar-refractivity contribution is 0.168. The molecule has 0 bridgehead atoms. The molecule has 3 heteroatoms. The maximum Gasteiger partial charge on any atom is 0.165 e. The molecule has 0 amide bonds. The second kappa shape index (κ2) is 5.65. The predicted octanol–water partition coefficient (Wildman–Crippen LogP) is 3.52. The smallest absolute Gasteiger partial charge is 0.165 e. The summed E-state index contributed by atoms with van der Waals surface area (Å²) in [6.07, 6.45) is 5.23. The second-order valence-electron chi connectivity index (χ2n) is 6.78. The summed E-state index contributed by atoms with van der Waals surface area (Å²) < 4.78 is 11.4. The monoisotopic (exact) mass is 275 g/mol. The summed E-state index contributed by atoms with van der Waals surface area (Å²) in [5.41, 5.74) is 1.69. The second-order valence-corrected chi connectivity index (χ2v) is 6.78. The van der Waals surface area contributed by atoms with E-state index in [1.54, 1.807) is 0 Å². The molecular formula is C17H25NO2. The Kier molecular flexibility index (Phi) is 3.88. The Morgan fingerprint density at radius 2 is 2.10 bits per heavy atom. The summed E-state index contributed by atoms with van der Waals surface area (Å²) in [6, 6.07) is 6.80. The van der Waals surface area contributed by atoms with Crippen LogP contribution in [0, 0.1) is 5.41 Å². The van der Waals surface area contributed by atoms with Crippen LogP contribution in [0.25, 0.3) is 0 Å². The van der Waals surface area contributed by atoms with E-state index in [9.17, 15) is 0 Å². The molecule has 0 radical (unpaired) electrons. The van der Waals surface area contributed by atoms with Gasteiger partial charge in [0.05, 0.1) is 0 Å². The summed E-state index contributed by atoms with van der Waals surface area (Å²) in [7, 11) is 0. The van der Waals surface area contributed by atoms with Crippen LogP contribution in [0.4, 0.5) is 0 Å². The molecular weight excluding hydrogens is 250 g/mol. The molecule has 1 aliphatic carbocycles. The zero-order chi connectivity index (χ0) is 14.0. The van der Waals surface area contributed by atoms with Crippen LogP contribution in [-0.4, -0.2) is 19.3 Å². The molecule has 1 saturated carbocycles. The van der Waals surface area contributed by atoms with E-state index in [2.05, 4.69) is 31.3 Å². The minimum absolute atomic E-state index is 0.478. The number of rotatable bonds is 3. The van der Waals surface area contributed by atoms with E-state index >= 15 is 0 Å². The van der Waals surface area contributed by atoms with Gasteiger partial charge >= 0.3 is 0 Å². The lowest BCUT2D eigenvalue weighted by Gasteiger charge is -2.35. The molecule has 1 heterocycles. The van der Waals surface area contributed by atoms with E-state index in [1.807, 2.05) is 6.07 Å². The number of ether oxygens (including phenoxy) is 2. The quantitative estimate of drug-likeness (QED) is 0.915. The van der Waals surface area contributed by atoms with Gasteiger partial charge in [-0.05, 0) is 30.7 Å². The Labute approximate surface area is 121 Å². The van der Waals surface area contributed by atoms with Gasteiger partial charge in [-0.2, -0.15) is 0 Å². The van der Waals surface area contributed by atoms with Gasteiger partial charge in [-0.3, -0.25) is 0 Å². The highest BCUT2D eigenvalue weighted by Gasteiger charge is 2.27. The van der Waals surface area contributed by atoms with E-state index < -0.39 is 0 Å². The van der Waals surface area contributed by atoms with Gasteiger partial charge < -0.3 is 14.8 Å².